The predicted molar refractivity (Wildman–Crippen MR) is 145 cm³/mol. The van der Waals surface area contributed by atoms with E-state index < -0.39 is 16.1 Å². The number of carbonyl (C=O) groups is 2. The molecule has 0 aliphatic carbocycles. The molecule has 0 saturated heterocycles. The number of hydrogen-bond acceptors (Lipinski definition) is 4. The smallest absolute Gasteiger partial charge is 0.242 e. The largest absolute Gasteiger partial charge is 0.354 e. The van der Waals surface area contributed by atoms with E-state index in [9.17, 15) is 18.0 Å². The molecule has 0 aromatic heterocycles. The number of anilines is 1. The molecule has 192 valence electrons. The van der Waals surface area contributed by atoms with Crippen LogP contribution in [-0.4, -0.2) is 50.5 Å². The first kappa shape index (κ1) is 28.8. The molecule has 2 rings (SSSR count). The summed E-state index contributed by atoms with van der Waals surface area (Å²) in [7, 11) is -3.53. The van der Waals surface area contributed by atoms with Crippen LogP contribution in [0.5, 0.6) is 0 Å². The molecule has 0 unspecified atom stereocenters. The first-order chi connectivity index (χ1) is 16.4. The van der Waals surface area contributed by atoms with E-state index in [4.69, 9.17) is 0 Å². The van der Waals surface area contributed by atoms with Crippen molar-refractivity contribution in [2.75, 3.05) is 23.7 Å². The van der Waals surface area contributed by atoms with Gasteiger partial charge in [0.1, 0.15) is 6.04 Å². The Hall–Kier alpha value is -2.39. The van der Waals surface area contributed by atoms with Gasteiger partial charge in [-0.25, -0.2) is 8.42 Å². The zero-order chi connectivity index (χ0) is 26.2. The molecular formula is C26H36BrN3O4S. The van der Waals surface area contributed by atoms with Crippen molar-refractivity contribution in [3.63, 3.8) is 0 Å². The number of amides is 2. The molecule has 1 atom stereocenters. The third-order valence-corrected chi connectivity index (χ3v) is 7.42. The van der Waals surface area contributed by atoms with E-state index in [1.165, 1.54) is 10.6 Å². The minimum Gasteiger partial charge on any atom is -0.354 e. The summed E-state index contributed by atoms with van der Waals surface area (Å²) < 4.78 is 27.3. The molecule has 0 radical (unpaired) electrons. The number of hydrogen-bond donors (Lipinski definition) is 1. The van der Waals surface area contributed by atoms with Gasteiger partial charge >= 0.3 is 0 Å². The molecule has 0 aliphatic heterocycles. The molecular weight excluding hydrogens is 530 g/mol. The zero-order valence-electron chi connectivity index (χ0n) is 21.2. The SMILES string of the molecule is CCCNC(=O)[C@H](C)N(Cc1cccc(Br)c1)C(=O)CCCN(c1cc(C)ccc1C)S(C)(=O)=O. The van der Waals surface area contributed by atoms with Crippen LogP contribution in [0.2, 0.25) is 0 Å². The monoisotopic (exact) mass is 565 g/mol. The summed E-state index contributed by atoms with van der Waals surface area (Å²) in [5, 5.41) is 2.86. The number of carbonyl (C=O) groups excluding carboxylic acids is 2. The Bertz CT molecular complexity index is 1140. The number of rotatable bonds is 12. The van der Waals surface area contributed by atoms with Gasteiger partial charge in [0.15, 0.2) is 0 Å². The van der Waals surface area contributed by atoms with Crippen LogP contribution in [0, 0.1) is 13.8 Å². The minimum absolute atomic E-state index is 0.121. The maximum atomic E-state index is 13.3. The second-order valence-electron chi connectivity index (χ2n) is 8.85. The third kappa shape index (κ3) is 8.65. The van der Waals surface area contributed by atoms with Crippen molar-refractivity contribution in [1.29, 1.82) is 0 Å². The van der Waals surface area contributed by atoms with Gasteiger partial charge in [-0.2, -0.15) is 0 Å². The van der Waals surface area contributed by atoms with Crippen molar-refractivity contribution in [2.24, 2.45) is 0 Å². The Labute approximate surface area is 218 Å². The Morgan fingerprint density at radius 3 is 2.46 bits per heavy atom. The fraction of sp³-hybridized carbons (Fsp3) is 0.462. The molecule has 7 nitrogen and oxygen atoms in total. The van der Waals surface area contributed by atoms with Crippen LogP contribution in [-0.2, 0) is 26.2 Å². The first-order valence-electron chi connectivity index (χ1n) is 11.8. The molecule has 0 bridgehead atoms. The summed E-state index contributed by atoms with van der Waals surface area (Å²) in [5.74, 6) is -0.401. The van der Waals surface area contributed by atoms with Gasteiger partial charge < -0.3 is 10.2 Å². The summed E-state index contributed by atoms with van der Waals surface area (Å²) in [6.45, 7) is 8.48. The number of nitrogens with zero attached hydrogens (tertiary/aromatic N) is 2. The highest BCUT2D eigenvalue weighted by Crippen LogP contribution is 2.25. The zero-order valence-corrected chi connectivity index (χ0v) is 23.6. The maximum absolute atomic E-state index is 13.3. The van der Waals surface area contributed by atoms with Crippen molar-refractivity contribution in [1.82, 2.24) is 10.2 Å². The Morgan fingerprint density at radius 1 is 1.11 bits per heavy atom. The van der Waals surface area contributed by atoms with E-state index in [-0.39, 0.29) is 31.3 Å². The molecule has 0 spiro atoms. The van der Waals surface area contributed by atoms with E-state index >= 15 is 0 Å². The minimum atomic E-state index is -3.53. The molecule has 2 aromatic carbocycles. The third-order valence-electron chi connectivity index (χ3n) is 5.74. The number of aryl methyl sites for hydroxylation is 2. The molecule has 2 aromatic rings. The van der Waals surface area contributed by atoms with E-state index in [0.717, 1.165) is 27.6 Å². The Balaban J connectivity index is 2.19. The number of nitrogens with one attached hydrogen (secondary N) is 1. The lowest BCUT2D eigenvalue weighted by Gasteiger charge is -2.29. The first-order valence-corrected chi connectivity index (χ1v) is 14.4. The predicted octanol–water partition coefficient (Wildman–Crippen LogP) is 4.56. The number of benzene rings is 2. The van der Waals surface area contributed by atoms with Crippen molar-refractivity contribution in [3.8, 4) is 0 Å². The lowest BCUT2D eigenvalue weighted by Crippen LogP contribution is -2.47. The summed E-state index contributed by atoms with van der Waals surface area (Å²) in [6.07, 6.45) is 2.43. The van der Waals surface area contributed by atoms with Crippen molar-refractivity contribution in [2.45, 2.75) is 59.5 Å². The highest BCUT2D eigenvalue weighted by atomic mass is 79.9. The van der Waals surface area contributed by atoms with E-state index in [1.807, 2.05) is 63.2 Å². The van der Waals surface area contributed by atoms with Crippen LogP contribution in [0.25, 0.3) is 0 Å². The van der Waals surface area contributed by atoms with Crippen LogP contribution in [0.1, 0.15) is 49.8 Å². The van der Waals surface area contributed by atoms with Gasteiger partial charge in [-0.1, -0.05) is 47.1 Å². The van der Waals surface area contributed by atoms with Crippen LogP contribution >= 0.6 is 15.9 Å². The molecule has 0 fully saturated rings. The number of sulfonamides is 1. The highest BCUT2D eigenvalue weighted by molar-refractivity contribution is 9.10. The summed E-state index contributed by atoms with van der Waals surface area (Å²) in [6, 6.07) is 12.6. The molecule has 0 heterocycles. The van der Waals surface area contributed by atoms with Gasteiger partial charge in [0.2, 0.25) is 21.8 Å². The van der Waals surface area contributed by atoms with Crippen LogP contribution in [0.15, 0.2) is 46.9 Å². The van der Waals surface area contributed by atoms with E-state index in [2.05, 4.69) is 21.2 Å². The molecule has 0 saturated carbocycles. The quantitative estimate of drug-likeness (QED) is 0.408. The van der Waals surface area contributed by atoms with Gasteiger partial charge in [-0.3, -0.25) is 13.9 Å². The summed E-state index contributed by atoms with van der Waals surface area (Å²) >= 11 is 3.45. The fourth-order valence-electron chi connectivity index (χ4n) is 3.78. The fourth-order valence-corrected chi connectivity index (χ4v) is 5.24. The van der Waals surface area contributed by atoms with Crippen LogP contribution < -0.4 is 9.62 Å². The maximum Gasteiger partial charge on any atom is 0.242 e. The molecule has 9 heteroatoms. The lowest BCUT2D eigenvalue weighted by molar-refractivity contribution is -0.140. The second kappa shape index (κ2) is 13.1. The van der Waals surface area contributed by atoms with Crippen LogP contribution in [0.3, 0.4) is 0 Å². The van der Waals surface area contributed by atoms with Gasteiger partial charge in [0, 0.05) is 30.5 Å². The van der Waals surface area contributed by atoms with Gasteiger partial charge in [-0.05, 0) is 68.5 Å². The Morgan fingerprint density at radius 2 is 1.83 bits per heavy atom. The topological polar surface area (TPSA) is 86.8 Å². The average Bonchev–Trinajstić information content (AvgIpc) is 2.79. The van der Waals surface area contributed by atoms with Gasteiger partial charge in [0.05, 0.1) is 11.9 Å². The summed E-state index contributed by atoms with van der Waals surface area (Å²) in [5.41, 5.74) is 3.33. The van der Waals surface area contributed by atoms with Crippen LogP contribution in [0.4, 0.5) is 5.69 Å². The van der Waals surface area contributed by atoms with E-state index in [1.54, 1.807) is 11.8 Å². The van der Waals surface area contributed by atoms with E-state index in [0.29, 0.717) is 18.7 Å². The highest BCUT2D eigenvalue weighted by Gasteiger charge is 2.26. The Kier molecular flexibility index (Phi) is 10.8. The lowest BCUT2D eigenvalue weighted by atomic mass is 10.1. The van der Waals surface area contributed by atoms with Gasteiger partial charge in [-0.15, -0.1) is 0 Å². The standard InChI is InChI=1S/C26H36BrN3O4S/c1-6-14-28-26(32)21(4)29(18-22-9-7-10-23(27)17-22)25(31)11-8-15-30(35(5,33)34)24-16-19(2)12-13-20(24)3/h7,9-10,12-13,16-17,21H,6,8,11,14-15,18H2,1-5H3,(H,28,32)/t21-/m0/s1. The second-order valence-corrected chi connectivity index (χ2v) is 11.7. The molecule has 0 aliphatic rings. The van der Waals surface area contributed by atoms with Crippen molar-refractivity contribution in [3.05, 3.63) is 63.6 Å². The van der Waals surface area contributed by atoms with Crippen molar-refractivity contribution >= 4 is 43.5 Å². The average molecular weight is 567 g/mol. The van der Waals surface area contributed by atoms with Gasteiger partial charge in [0.25, 0.3) is 0 Å². The normalized spacial score (nSPS) is 12.2. The summed E-state index contributed by atoms with van der Waals surface area (Å²) in [4.78, 5) is 27.5. The molecule has 1 N–H and O–H groups in total. The molecule has 2 amide bonds. The number of halogens is 1. The molecule has 35 heavy (non-hydrogen) atoms. The van der Waals surface area contributed by atoms with Crippen molar-refractivity contribution < 1.29 is 18.0 Å².